The van der Waals surface area contributed by atoms with Gasteiger partial charge in [0.2, 0.25) is 0 Å². The first-order valence-electron chi connectivity index (χ1n) is 8.36. The van der Waals surface area contributed by atoms with Gasteiger partial charge in [-0.1, -0.05) is 32.3 Å². The van der Waals surface area contributed by atoms with Crippen LogP contribution in [0.2, 0.25) is 0 Å². The van der Waals surface area contributed by atoms with Gasteiger partial charge in [-0.25, -0.2) is 0 Å². The van der Waals surface area contributed by atoms with E-state index in [9.17, 15) is 0 Å². The largest absolute Gasteiger partial charge is 0.493 e. The molecule has 1 N–H and O–H groups in total. The third-order valence-corrected chi connectivity index (χ3v) is 4.08. The zero-order valence-corrected chi connectivity index (χ0v) is 13.5. The highest BCUT2D eigenvalue weighted by molar-refractivity contribution is 5.40. The number of rotatable bonds is 8. The normalized spacial score (nSPS) is 15.9. The smallest absolute Gasteiger partial charge is 0.127 e. The van der Waals surface area contributed by atoms with Gasteiger partial charge in [0.1, 0.15) is 11.5 Å². The Labute approximate surface area is 129 Å². The fourth-order valence-electron chi connectivity index (χ4n) is 2.88. The van der Waals surface area contributed by atoms with E-state index >= 15 is 0 Å². The van der Waals surface area contributed by atoms with Crippen LogP contribution in [0.5, 0.6) is 11.5 Å². The van der Waals surface area contributed by atoms with Gasteiger partial charge in [-0.05, 0) is 38.3 Å². The number of ether oxygens (including phenoxy) is 2. The monoisotopic (exact) mass is 291 g/mol. The average Bonchev–Trinajstić information content (AvgIpc) is 2.53. The SMILES string of the molecule is CCCOc1ccc(CNC)c(OCC2CCCCC2)c1. The average molecular weight is 291 g/mol. The van der Waals surface area contributed by atoms with E-state index < -0.39 is 0 Å². The molecule has 0 spiro atoms. The molecule has 0 aromatic heterocycles. The van der Waals surface area contributed by atoms with E-state index in [4.69, 9.17) is 9.47 Å². The fraction of sp³-hybridized carbons (Fsp3) is 0.667. The third-order valence-electron chi connectivity index (χ3n) is 4.08. The molecule has 2 rings (SSSR count). The lowest BCUT2D eigenvalue weighted by Crippen LogP contribution is -2.16. The molecule has 1 aliphatic carbocycles. The van der Waals surface area contributed by atoms with Crippen LogP contribution in [-0.2, 0) is 6.54 Å². The van der Waals surface area contributed by atoms with Crippen LogP contribution in [0.1, 0.15) is 51.0 Å². The number of benzene rings is 1. The first-order chi connectivity index (χ1) is 10.3. The van der Waals surface area contributed by atoms with Crippen molar-refractivity contribution < 1.29 is 9.47 Å². The Bertz CT molecular complexity index is 414. The van der Waals surface area contributed by atoms with Crippen LogP contribution in [-0.4, -0.2) is 20.3 Å². The lowest BCUT2D eigenvalue weighted by molar-refractivity contribution is 0.206. The molecule has 1 saturated carbocycles. The van der Waals surface area contributed by atoms with E-state index in [-0.39, 0.29) is 0 Å². The predicted molar refractivity (Wildman–Crippen MR) is 87.1 cm³/mol. The number of nitrogens with one attached hydrogen (secondary N) is 1. The van der Waals surface area contributed by atoms with Gasteiger partial charge in [-0.3, -0.25) is 0 Å². The van der Waals surface area contributed by atoms with Crippen molar-refractivity contribution in [3.8, 4) is 11.5 Å². The van der Waals surface area contributed by atoms with E-state index in [1.165, 1.54) is 37.7 Å². The molecule has 3 nitrogen and oxygen atoms in total. The lowest BCUT2D eigenvalue weighted by Gasteiger charge is -2.22. The molecule has 0 bridgehead atoms. The van der Waals surface area contributed by atoms with Crippen LogP contribution in [0.25, 0.3) is 0 Å². The zero-order valence-electron chi connectivity index (χ0n) is 13.5. The second-order valence-electron chi connectivity index (χ2n) is 5.96. The Morgan fingerprint density at radius 1 is 1.14 bits per heavy atom. The molecule has 0 atom stereocenters. The van der Waals surface area contributed by atoms with E-state index in [2.05, 4.69) is 18.3 Å². The lowest BCUT2D eigenvalue weighted by atomic mass is 9.90. The van der Waals surface area contributed by atoms with Crippen molar-refractivity contribution in [1.82, 2.24) is 5.32 Å². The number of hydrogen-bond donors (Lipinski definition) is 1. The molecule has 1 fully saturated rings. The van der Waals surface area contributed by atoms with Crippen LogP contribution in [0.15, 0.2) is 18.2 Å². The quantitative estimate of drug-likeness (QED) is 0.780. The van der Waals surface area contributed by atoms with Crippen LogP contribution < -0.4 is 14.8 Å². The summed E-state index contributed by atoms with van der Waals surface area (Å²) in [4.78, 5) is 0. The summed E-state index contributed by atoms with van der Waals surface area (Å²) in [6.45, 7) is 4.55. The van der Waals surface area contributed by atoms with Gasteiger partial charge in [0, 0.05) is 18.2 Å². The van der Waals surface area contributed by atoms with Crippen molar-refractivity contribution in [2.45, 2.75) is 52.0 Å². The summed E-state index contributed by atoms with van der Waals surface area (Å²) in [5.74, 6) is 2.61. The Hall–Kier alpha value is -1.22. The van der Waals surface area contributed by atoms with E-state index in [1.54, 1.807) is 0 Å². The maximum Gasteiger partial charge on any atom is 0.127 e. The van der Waals surface area contributed by atoms with E-state index in [1.807, 2.05) is 19.2 Å². The van der Waals surface area contributed by atoms with Crippen molar-refractivity contribution in [2.24, 2.45) is 5.92 Å². The molecule has 3 heteroatoms. The van der Waals surface area contributed by atoms with Gasteiger partial charge in [0.15, 0.2) is 0 Å². The molecule has 118 valence electrons. The van der Waals surface area contributed by atoms with Crippen molar-refractivity contribution in [1.29, 1.82) is 0 Å². The first-order valence-corrected chi connectivity index (χ1v) is 8.36. The van der Waals surface area contributed by atoms with Gasteiger partial charge in [-0.2, -0.15) is 0 Å². The van der Waals surface area contributed by atoms with Gasteiger partial charge in [0.05, 0.1) is 13.2 Å². The standard InChI is InChI=1S/C18H29NO2/c1-3-11-20-17-10-9-16(13-19-2)18(12-17)21-14-15-7-5-4-6-8-15/h9-10,12,15,19H,3-8,11,13-14H2,1-2H3. The number of hydrogen-bond acceptors (Lipinski definition) is 3. The summed E-state index contributed by atoms with van der Waals surface area (Å²) >= 11 is 0. The van der Waals surface area contributed by atoms with Gasteiger partial charge in [-0.15, -0.1) is 0 Å². The zero-order chi connectivity index (χ0) is 14.9. The van der Waals surface area contributed by atoms with E-state index in [0.29, 0.717) is 0 Å². The van der Waals surface area contributed by atoms with Crippen LogP contribution in [0, 0.1) is 5.92 Å². The molecule has 0 unspecified atom stereocenters. The molecule has 1 aromatic carbocycles. The highest BCUT2D eigenvalue weighted by atomic mass is 16.5. The van der Waals surface area contributed by atoms with Crippen molar-refractivity contribution in [3.63, 3.8) is 0 Å². The molecule has 0 amide bonds. The summed E-state index contributed by atoms with van der Waals surface area (Å²) in [5, 5.41) is 3.20. The van der Waals surface area contributed by atoms with Gasteiger partial charge < -0.3 is 14.8 Å². The maximum atomic E-state index is 6.13. The summed E-state index contributed by atoms with van der Waals surface area (Å²) < 4.78 is 11.9. The third kappa shape index (κ3) is 5.24. The fourth-order valence-corrected chi connectivity index (χ4v) is 2.88. The molecule has 0 aliphatic heterocycles. The molecule has 1 aromatic rings. The summed E-state index contributed by atoms with van der Waals surface area (Å²) in [6, 6.07) is 6.19. The summed E-state index contributed by atoms with van der Waals surface area (Å²) in [6.07, 6.45) is 7.76. The van der Waals surface area contributed by atoms with Gasteiger partial charge in [0.25, 0.3) is 0 Å². The second-order valence-corrected chi connectivity index (χ2v) is 5.96. The van der Waals surface area contributed by atoms with Crippen LogP contribution >= 0.6 is 0 Å². The predicted octanol–water partition coefficient (Wildman–Crippen LogP) is 4.15. The second kappa shape index (κ2) is 8.93. The molecule has 0 radical (unpaired) electrons. The van der Waals surface area contributed by atoms with Gasteiger partial charge >= 0.3 is 0 Å². The van der Waals surface area contributed by atoms with Crippen molar-refractivity contribution in [2.75, 3.05) is 20.3 Å². The van der Waals surface area contributed by atoms with Crippen LogP contribution in [0.3, 0.4) is 0 Å². The highest BCUT2D eigenvalue weighted by Crippen LogP contribution is 2.28. The van der Waals surface area contributed by atoms with Crippen molar-refractivity contribution in [3.05, 3.63) is 23.8 Å². The molecular formula is C18H29NO2. The Morgan fingerprint density at radius 2 is 1.95 bits per heavy atom. The Balaban J connectivity index is 1.98. The van der Waals surface area contributed by atoms with Crippen molar-refractivity contribution >= 4 is 0 Å². The maximum absolute atomic E-state index is 6.13. The van der Waals surface area contributed by atoms with Crippen LogP contribution in [0.4, 0.5) is 0 Å². The molecule has 0 heterocycles. The minimum absolute atomic E-state index is 0.724. The minimum Gasteiger partial charge on any atom is -0.493 e. The molecule has 1 aliphatic rings. The summed E-state index contributed by atoms with van der Waals surface area (Å²) in [7, 11) is 1.96. The summed E-state index contributed by atoms with van der Waals surface area (Å²) in [5.41, 5.74) is 1.21. The topological polar surface area (TPSA) is 30.5 Å². The highest BCUT2D eigenvalue weighted by Gasteiger charge is 2.15. The molecular weight excluding hydrogens is 262 g/mol. The first kappa shape index (κ1) is 16.2. The Kier molecular flexibility index (Phi) is 6.87. The minimum atomic E-state index is 0.724. The molecule has 0 saturated heterocycles. The van der Waals surface area contributed by atoms with E-state index in [0.717, 1.165) is 43.6 Å². The Morgan fingerprint density at radius 3 is 2.67 bits per heavy atom. The molecule has 21 heavy (non-hydrogen) atoms.